The predicted molar refractivity (Wildman–Crippen MR) is 153 cm³/mol. The summed E-state index contributed by atoms with van der Waals surface area (Å²) in [5.41, 5.74) is 0.945. The van der Waals surface area contributed by atoms with Crippen LogP contribution in [0, 0.1) is 0 Å². The van der Waals surface area contributed by atoms with Crippen molar-refractivity contribution in [3.05, 3.63) is 59.9 Å². The summed E-state index contributed by atoms with van der Waals surface area (Å²) in [6.45, 7) is 17.9. The predicted octanol–water partition coefficient (Wildman–Crippen LogP) is 5.77. The lowest BCUT2D eigenvalue weighted by Crippen LogP contribution is -2.54. The van der Waals surface area contributed by atoms with E-state index in [0.717, 1.165) is 5.56 Å². The quantitative estimate of drug-likeness (QED) is 0.524. The zero-order valence-electron chi connectivity index (χ0n) is 24.9. The fraction of sp³-hybridized carbons (Fsp3) is 0.548. The number of benzene rings is 1. The summed E-state index contributed by atoms with van der Waals surface area (Å²) in [4.78, 5) is 48.7. The number of pyridine rings is 1. The van der Waals surface area contributed by atoms with Crippen molar-refractivity contribution in [2.24, 2.45) is 0 Å². The van der Waals surface area contributed by atoms with Crippen LogP contribution in [0.5, 0.6) is 0 Å². The number of amides is 3. The van der Waals surface area contributed by atoms with Gasteiger partial charge in [0, 0.05) is 35.7 Å². The lowest BCUT2D eigenvalue weighted by atomic mass is 9.87. The summed E-state index contributed by atoms with van der Waals surface area (Å²) in [5, 5.41) is 3.05. The van der Waals surface area contributed by atoms with Gasteiger partial charge in [-0.1, -0.05) is 39.0 Å². The summed E-state index contributed by atoms with van der Waals surface area (Å²) in [7, 11) is 0. The molecule has 0 spiro atoms. The Labute approximate surface area is 233 Å². The van der Waals surface area contributed by atoms with E-state index in [4.69, 9.17) is 4.74 Å². The molecule has 1 aromatic carbocycles. The monoisotopic (exact) mass is 536 g/mol. The van der Waals surface area contributed by atoms with Crippen LogP contribution in [0.4, 0.5) is 10.5 Å². The third kappa shape index (κ3) is 7.80. The van der Waals surface area contributed by atoms with Gasteiger partial charge >= 0.3 is 6.09 Å². The Morgan fingerprint density at radius 2 is 1.64 bits per heavy atom. The average molecular weight is 537 g/mol. The molecule has 2 unspecified atom stereocenters. The van der Waals surface area contributed by atoms with Crippen LogP contribution in [0.3, 0.4) is 0 Å². The molecule has 0 aliphatic carbocycles. The van der Waals surface area contributed by atoms with E-state index >= 15 is 0 Å². The van der Waals surface area contributed by atoms with Crippen LogP contribution < -0.4 is 10.2 Å². The minimum atomic E-state index is -0.994. The summed E-state index contributed by atoms with van der Waals surface area (Å²) < 4.78 is 5.63. The Balaban J connectivity index is 2.14. The van der Waals surface area contributed by atoms with Gasteiger partial charge in [0.15, 0.2) is 0 Å². The van der Waals surface area contributed by atoms with Gasteiger partial charge in [-0.2, -0.15) is 0 Å². The third-order valence-electron chi connectivity index (χ3n) is 6.42. The van der Waals surface area contributed by atoms with Crippen LogP contribution in [0.1, 0.15) is 92.3 Å². The number of likely N-dealkylation sites (tertiary alicyclic amines) is 1. The van der Waals surface area contributed by atoms with Crippen molar-refractivity contribution >= 4 is 23.6 Å². The number of hydrogen-bond donors (Lipinski definition) is 1. The molecule has 3 rings (SSSR count). The van der Waals surface area contributed by atoms with Crippen LogP contribution in [0.15, 0.2) is 48.8 Å². The normalized spacial score (nSPS) is 16.9. The number of ether oxygens (including phenoxy) is 1. The molecule has 1 aliphatic rings. The van der Waals surface area contributed by atoms with Crippen LogP contribution in [0.2, 0.25) is 0 Å². The molecule has 2 heterocycles. The largest absolute Gasteiger partial charge is 0.444 e. The van der Waals surface area contributed by atoms with E-state index in [1.807, 2.05) is 45.0 Å². The maximum absolute atomic E-state index is 14.5. The van der Waals surface area contributed by atoms with E-state index in [9.17, 15) is 14.4 Å². The van der Waals surface area contributed by atoms with Crippen molar-refractivity contribution in [1.82, 2.24) is 15.2 Å². The maximum Gasteiger partial charge on any atom is 0.410 e. The van der Waals surface area contributed by atoms with Crippen molar-refractivity contribution in [3.63, 3.8) is 0 Å². The number of carbonyl (C=O) groups is 3. The van der Waals surface area contributed by atoms with E-state index < -0.39 is 29.3 Å². The lowest BCUT2D eigenvalue weighted by Gasteiger charge is -2.37. The molecule has 212 valence electrons. The van der Waals surface area contributed by atoms with E-state index in [0.29, 0.717) is 30.6 Å². The molecule has 0 radical (unpaired) electrons. The second kappa shape index (κ2) is 11.4. The first kappa shape index (κ1) is 30.1. The summed E-state index contributed by atoms with van der Waals surface area (Å²) in [6.07, 6.45) is 3.86. The molecule has 2 aromatic rings. The Hall–Kier alpha value is -3.42. The molecular formula is C31H44N4O4. The molecule has 1 N–H and O–H groups in total. The van der Waals surface area contributed by atoms with Crippen LogP contribution in [-0.2, 0) is 19.7 Å². The Kier molecular flexibility index (Phi) is 8.78. The van der Waals surface area contributed by atoms with E-state index in [1.165, 1.54) is 9.80 Å². The van der Waals surface area contributed by atoms with Crippen molar-refractivity contribution in [1.29, 1.82) is 0 Å². The van der Waals surface area contributed by atoms with Gasteiger partial charge in [-0.05, 0) is 83.6 Å². The third-order valence-corrected chi connectivity index (χ3v) is 6.42. The molecule has 0 bridgehead atoms. The molecular weight excluding hydrogens is 492 g/mol. The highest BCUT2D eigenvalue weighted by atomic mass is 16.6. The Morgan fingerprint density at radius 1 is 1.00 bits per heavy atom. The highest BCUT2D eigenvalue weighted by Gasteiger charge is 2.43. The zero-order chi connectivity index (χ0) is 29.2. The highest BCUT2D eigenvalue weighted by Crippen LogP contribution is 2.34. The number of anilines is 1. The molecule has 8 nitrogen and oxygen atoms in total. The summed E-state index contributed by atoms with van der Waals surface area (Å²) in [6, 6.07) is 9.51. The molecule has 2 atom stereocenters. The maximum atomic E-state index is 14.5. The molecule has 3 amide bonds. The first-order chi connectivity index (χ1) is 18.0. The molecule has 1 saturated heterocycles. The van der Waals surface area contributed by atoms with Gasteiger partial charge in [0.2, 0.25) is 5.91 Å². The fourth-order valence-corrected chi connectivity index (χ4v) is 4.64. The number of nitrogens with zero attached hydrogens (tertiary/aromatic N) is 3. The average Bonchev–Trinajstić information content (AvgIpc) is 3.30. The zero-order valence-corrected chi connectivity index (χ0v) is 24.9. The summed E-state index contributed by atoms with van der Waals surface area (Å²) >= 11 is 0. The number of nitrogens with one attached hydrogen (secondary N) is 1. The number of aromatic nitrogens is 1. The summed E-state index contributed by atoms with van der Waals surface area (Å²) in [5.74, 6) is -0.662. The van der Waals surface area contributed by atoms with Crippen LogP contribution in [0.25, 0.3) is 0 Å². The van der Waals surface area contributed by atoms with Crippen molar-refractivity contribution < 1.29 is 19.1 Å². The first-order valence-electron chi connectivity index (χ1n) is 13.6. The van der Waals surface area contributed by atoms with Crippen LogP contribution in [-0.4, -0.2) is 51.5 Å². The molecule has 1 fully saturated rings. The smallest absolute Gasteiger partial charge is 0.410 e. The van der Waals surface area contributed by atoms with E-state index in [-0.39, 0.29) is 17.2 Å². The molecule has 1 aromatic heterocycles. The molecule has 1 aliphatic heterocycles. The van der Waals surface area contributed by atoms with Gasteiger partial charge in [0.05, 0.1) is 0 Å². The minimum absolute atomic E-state index is 0.0846. The lowest BCUT2D eigenvalue weighted by molar-refractivity contribution is -0.129. The van der Waals surface area contributed by atoms with Crippen molar-refractivity contribution in [2.45, 2.75) is 104 Å². The fourth-order valence-electron chi connectivity index (χ4n) is 4.64. The highest BCUT2D eigenvalue weighted by molar-refractivity contribution is 6.04. The molecule has 0 saturated carbocycles. The van der Waals surface area contributed by atoms with Gasteiger partial charge in [0.1, 0.15) is 17.7 Å². The van der Waals surface area contributed by atoms with Gasteiger partial charge < -0.3 is 10.1 Å². The molecule has 8 heteroatoms. The van der Waals surface area contributed by atoms with E-state index in [2.05, 4.69) is 31.1 Å². The second-order valence-corrected chi connectivity index (χ2v) is 13.3. The topological polar surface area (TPSA) is 91.8 Å². The van der Waals surface area contributed by atoms with E-state index in [1.54, 1.807) is 45.3 Å². The SMILES string of the molecule is CC(C)(C)NC(=O)C(c1cccnc1)N(C(=O)C1CCCN1C(=O)OC(C)(C)C)c1ccc(C(C)(C)C)cc1. The standard InChI is InChI=1S/C31H44N4O4/c1-29(2,3)22-14-16-23(17-15-22)35(25(21-12-10-18-32-20-21)26(36)33-30(4,5)6)27(37)24-13-11-19-34(24)28(38)39-31(7,8)9/h10,12,14-18,20,24-25H,11,13,19H2,1-9H3,(H,33,36). The Bertz CT molecular complexity index is 1160. The van der Waals surface area contributed by atoms with Gasteiger partial charge in [-0.3, -0.25) is 24.4 Å². The van der Waals surface area contributed by atoms with Crippen molar-refractivity contribution in [2.75, 3.05) is 11.4 Å². The second-order valence-electron chi connectivity index (χ2n) is 13.3. The van der Waals surface area contributed by atoms with Gasteiger partial charge in [-0.15, -0.1) is 0 Å². The Morgan fingerprint density at radius 3 is 2.15 bits per heavy atom. The molecule has 39 heavy (non-hydrogen) atoms. The number of rotatable bonds is 5. The number of carbonyl (C=O) groups excluding carboxylic acids is 3. The first-order valence-corrected chi connectivity index (χ1v) is 13.6. The minimum Gasteiger partial charge on any atom is -0.444 e. The van der Waals surface area contributed by atoms with Crippen LogP contribution >= 0.6 is 0 Å². The van der Waals surface area contributed by atoms with Gasteiger partial charge in [-0.25, -0.2) is 4.79 Å². The van der Waals surface area contributed by atoms with Gasteiger partial charge in [0.25, 0.3) is 5.91 Å². The number of hydrogen-bond acceptors (Lipinski definition) is 5. The van der Waals surface area contributed by atoms with Crippen molar-refractivity contribution in [3.8, 4) is 0 Å².